The lowest BCUT2D eigenvalue weighted by molar-refractivity contribution is -0.113. The monoisotopic (exact) mass is 572 g/mol. The minimum atomic E-state index is -0.170. The minimum Gasteiger partial charge on any atom is -0.489 e. The minimum absolute atomic E-state index is 0.170. The van der Waals surface area contributed by atoms with Crippen molar-refractivity contribution >= 4 is 63.5 Å². The molecule has 5 rings (SSSR count). The topological polar surface area (TPSA) is 41.9 Å². The zero-order chi connectivity index (χ0) is 27.5. The average molecular weight is 574 g/mol. The van der Waals surface area contributed by atoms with Crippen molar-refractivity contribution in [2.75, 3.05) is 4.90 Å². The first kappa shape index (κ1) is 27.1. The third-order valence-electron chi connectivity index (χ3n) is 6.30. The van der Waals surface area contributed by atoms with Gasteiger partial charge in [-0.15, -0.1) is 0 Å². The van der Waals surface area contributed by atoms with E-state index < -0.39 is 0 Å². The van der Waals surface area contributed by atoms with E-state index in [0.717, 1.165) is 28.0 Å². The Morgan fingerprint density at radius 3 is 2.18 bits per heavy atom. The van der Waals surface area contributed by atoms with E-state index in [2.05, 4.69) is 31.2 Å². The molecule has 7 heteroatoms. The Morgan fingerprint density at radius 1 is 0.846 bits per heavy atom. The molecule has 196 valence electrons. The fourth-order valence-electron chi connectivity index (χ4n) is 3.92. The van der Waals surface area contributed by atoms with Gasteiger partial charge in [-0.3, -0.25) is 9.69 Å². The van der Waals surface area contributed by atoms with Crippen molar-refractivity contribution in [2.24, 2.45) is 4.99 Å². The van der Waals surface area contributed by atoms with Gasteiger partial charge in [0.1, 0.15) is 12.4 Å². The molecule has 0 bridgehead atoms. The van der Waals surface area contributed by atoms with Crippen molar-refractivity contribution in [3.8, 4) is 5.75 Å². The van der Waals surface area contributed by atoms with Gasteiger partial charge in [-0.1, -0.05) is 77.3 Å². The number of nitrogens with zero attached hydrogens (tertiary/aromatic N) is 2. The van der Waals surface area contributed by atoms with Crippen molar-refractivity contribution in [3.05, 3.63) is 128 Å². The lowest BCUT2D eigenvalue weighted by Gasteiger charge is -2.16. The number of halogens is 2. The summed E-state index contributed by atoms with van der Waals surface area (Å²) in [5.74, 6) is 0.592. The summed E-state index contributed by atoms with van der Waals surface area (Å²) in [6.07, 6.45) is 1.87. The van der Waals surface area contributed by atoms with Crippen molar-refractivity contribution in [1.29, 1.82) is 0 Å². The zero-order valence-electron chi connectivity index (χ0n) is 21.7. The largest absolute Gasteiger partial charge is 0.489 e. The highest BCUT2D eigenvalue weighted by Gasteiger charge is 2.35. The summed E-state index contributed by atoms with van der Waals surface area (Å²) in [7, 11) is 0. The Labute approximate surface area is 242 Å². The van der Waals surface area contributed by atoms with Gasteiger partial charge in [0.15, 0.2) is 5.17 Å². The Bertz CT molecular complexity index is 1600. The third kappa shape index (κ3) is 6.39. The molecular formula is C32H26Cl2N2O2S. The number of ether oxygens (including phenoxy) is 1. The SMILES string of the molecule is Cc1ccc(COc2ccc(/C=C3/SC(=Nc4ccc(C)c(Cl)c4)N(c4ccc(C)c(Cl)c4)C3=O)cc2)cc1. The van der Waals surface area contributed by atoms with Gasteiger partial charge in [0.05, 0.1) is 16.3 Å². The van der Waals surface area contributed by atoms with Crippen LogP contribution in [-0.4, -0.2) is 11.1 Å². The normalized spacial score (nSPS) is 15.4. The van der Waals surface area contributed by atoms with Crippen LogP contribution >= 0.6 is 35.0 Å². The average Bonchev–Trinajstić information content (AvgIpc) is 3.22. The Kier molecular flexibility index (Phi) is 8.12. The van der Waals surface area contributed by atoms with Crippen molar-refractivity contribution in [2.45, 2.75) is 27.4 Å². The molecule has 0 N–H and O–H groups in total. The first-order valence-electron chi connectivity index (χ1n) is 12.4. The maximum atomic E-state index is 13.6. The van der Waals surface area contributed by atoms with Crippen LogP contribution < -0.4 is 9.64 Å². The van der Waals surface area contributed by atoms with E-state index in [1.54, 1.807) is 17.0 Å². The quantitative estimate of drug-likeness (QED) is 0.216. The van der Waals surface area contributed by atoms with E-state index in [9.17, 15) is 4.79 Å². The summed E-state index contributed by atoms with van der Waals surface area (Å²) in [4.78, 5) is 20.6. The first-order chi connectivity index (χ1) is 18.8. The predicted octanol–water partition coefficient (Wildman–Crippen LogP) is 9.31. The summed E-state index contributed by atoms with van der Waals surface area (Å²) in [6.45, 7) is 6.42. The Balaban J connectivity index is 1.41. The first-order valence-corrected chi connectivity index (χ1v) is 14.0. The lowest BCUT2D eigenvalue weighted by atomic mass is 10.1. The number of rotatable bonds is 6. The molecule has 0 aliphatic carbocycles. The van der Waals surface area contributed by atoms with Gasteiger partial charge in [0, 0.05) is 10.0 Å². The van der Waals surface area contributed by atoms with Crippen LogP contribution in [0.25, 0.3) is 6.08 Å². The van der Waals surface area contributed by atoms with Crippen LogP contribution in [-0.2, 0) is 11.4 Å². The summed E-state index contributed by atoms with van der Waals surface area (Å²) in [6, 6.07) is 27.1. The van der Waals surface area contributed by atoms with E-state index in [0.29, 0.717) is 38.1 Å². The van der Waals surface area contributed by atoms with E-state index in [1.165, 1.54) is 17.3 Å². The maximum absolute atomic E-state index is 13.6. The maximum Gasteiger partial charge on any atom is 0.271 e. The van der Waals surface area contributed by atoms with Crippen LogP contribution in [0.3, 0.4) is 0 Å². The smallest absolute Gasteiger partial charge is 0.271 e. The van der Waals surface area contributed by atoms with E-state index >= 15 is 0 Å². The highest BCUT2D eigenvalue weighted by molar-refractivity contribution is 8.19. The number of amidine groups is 1. The fourth-order valence-corrected chi connectivity index (χ4v) is 5.27. The summed E-state index contributed by atoms with van der Waals surface area (Å²) < 4.78 is 5.93. The zero-order valence-corrected chi connectivity index (χ0v) is 24.1. The molecule has 1 amide bonds. The number of hydrogen-bond acceptors (Lipinski definition) is 4. The molecule has 0 aromatic heterocycles. The molecule has 0 saturated carbocycles. The number of benzene rings is 4. The predicted molar refractivity (Wildman–Crippen MR) is 164 cm³/mol. The Morgan fingerprint density at radius 2 is 1.51 bits per heavy atom. The van der Waals surface area contributed by atoms with E-state index in [4.69, 9.17) is 32.9 Å². The van der Waals surface area contributed by atoms with Crippen LogP contribution in [0.1, 0.15) is 27.8 Å². The van der Waals surface area contributed by atoms with Gasteiger partial charge < -0.3 is 4.74 Å². The number of amides is 1. The third-order valence-corrected chi connectivity index (χ3v) is 8.09. The molecule has 1 aliphatic heterocycles. The highest BCUT2D eigenvalue weighted by Crippen LogP contribution is 2.39. The molecule has 0 spiro atoms. The van der Waals surface area contributed by atoms with Crippen LogP contribution in [0, 0.1) is 20.8 Å². The molecule has 0 radical (unpaired) electrons. The van der Waals surface area contributed by atoms with Crippen LogP contribution in [0.15, 0.2) is 94.8 Å². The molecule has 1 aliphatic rings. The van der Waals surface area contributed by atoms with Crippen molar-refractivity contribution < 1.29 is 9.53 Å². The second kappa shape index (κ2) is 11.7. The standard InChI is InChI=1S/C32H26Cl2N2O2S/c1-20-4-8-24(9-5-20)19-38-27-14-10-23(11-15-27)16-30-31(37)36(26-13-7-22(3)29(34)18-26)32(39-30)35-25-12-6-21(2)28(33)17-25/h4-18H,19H2,1-3H3/b30-16+,35-32?. The molecule has 39 heavy (non-hydrogen) atoms. The molecule has 1 saturated heterocycles. The van der Waals surface area contributed by atoms with Gasteiger partial charge in [0.2, 0.25) is 0 Å². The lowest BCUT2D eigenvalue weighted by Crippen LogP contribution is -2.28. The molecule has 4 aromatic carbocycles. The molecule has 4 aromatic rings. The number of aliphatic imine (C=N–C) groups is 1. The molecular weight excluding hydrogens is 547 g/mol. The molecule has 4 nitrogen and oxygen atoms in total. The van der Waals surface area contributed by atoms with Crippen LogP contribution in [0.5, 0.6) is 5.75 Å². The summed E-state index contributed by atoms with van der Waals surface area (Å²) in [5.41, 5.74) is 6.43. The summed E-state index contributed by atoms with van der Waals surface area (Å²) >= 11 is 14.1. The second-order valence-corrected chi connectivity index (χ2v) is 11.2. The van der Waals surface area contributed by atoms with Gasteiger partial charge >= 0.3 is 0 Å². The van der Waals surface area contributed by atoms with E-state index in [-0.39, 0.29) is 5.91 Å². The van der Waals surface area contributed by atoms with Crippen molar-refractivity contribution in [1.82, 2.24) is 0 Å². The number of carbonyl (C=O) groups is 1. The number of carbonyl (C=O) groups excluding carboxylic acids is 1. The number of aryl methyl sites for hydroxylation is 3. The molecule has 1 heterocycles. The molecule has 1 fully saturated rings. The van der Waals surface area contributed by atoms with Crippen LogP contribution in [0.4, 0.5) is 11.4 Å². The number of anilines is 1. The van der Waals surface area contributed by atoms with Gasteiger partial charge in [-0.2, -0.15) is 0 Å². The van der Waals surface area contributed by atoms with Gasteiger partial charge in [-0.05, 0) is 97.3 Å². The molecule has 0 unspecified atom stereocenters. The van der Waals surface area contributed by atoms with E-state index in [1.807, 2.05) is 68.5 Å². The number of hydrogen-bond donors (Lipinski definition) is 0. The van der Waals surface area contributed by atoms with Crippen molar-refractivity contribution in [3.63, 3.8) is 0 Å². The highest BCUT2D eigenvalue weighted by atomic mass is 35.5. The number of thioether (sulfide) groups is 1. The summed E-state index contributed by atoms with van der Waals surface area (Å²) in [5, 5.41) is 1.74. The second-order valence-electron chi connectivity index (χ2n) is 9.36. The Hall–Kier alpha value is -3.51. The molecule has 0 atom stereocenters. The van der Waals surface area contributed by atoms with Gasteiger partial charge in [-0.25, -0.2) is 4.99 Å². The van der Waals surface area contributed by atoms with Gasteiger partial charge in [0.25, 0.3) is 5.91 Å². The van der Waals surface area contributed by atoms with Crippen LogP contribution in [0.2, 0.25) is 10.0 Å². The fraction of sp³-hybridized carbons (Fsp3) is 0.125.